The Balaban J connectivity index is 1.95. The standard InChI is InChI=1S/C25H21ClN2O3/c1-3-28-21-7-5-4-6-20(21)23(29)22(16-10-14-19(31-2)15-11-16)24(28)27-25(30)17-8-12-18(26)13-9-17/h4-15H,3H2,1-2H3,(H,27,30). The Kier molecular flexibility index (Phi) is 5.78. The molecular formula is C25H21ClN2O3. The monoisotopic (exact) mass is 432 g/mol. The van der Waals surface area contributed by atoms with E-state index in [1.807, 2.05) is 47.9 Å². The van der Waals surface area contributed by atoms with Gasteiger partial charge in [-0.3, -0.25) is 9.59 Å². The van der Waals surface area contributed by atoms with E-state index in [-0.39, 0.29) is 11.3 Å². The quantitative estimate of drug-likeness (QED) is 0.446. The van der Waals surface area contributed by atoms with E-state index >= 15 is 0 Å². The van der Waals surface area contributed by atoms with Gasteiger partial charge in [-0.15, -0.1) is 0 Å². The molecule has 5 nitrogen and oxygen atoms in total. The van der Waals surface area contributed by atoms with E-state index < -0.39 is 0 Å². The minimum Gasteiger partial charge on any atom is -0.497 e. The molecule has 4 aromatic rings. The Morgan fingerprint density at radius 3 is 2.32 bits per heavy atom. The normalized spacial score (nSPS) is 10.8. The molecule has 0 radical (unpaired) electrons. The smallest absolute Gasteiger partial charge is 0.256 e. The van der Waals surface area contributed by atoms with Crippen LogP contribution >= 0.6 is 11.6 Å². The first kappa shape index (κ1) is 20.7. The Morgan fingerprint density at radius 1 is 1.00 bits per heavy atom. The lowest BCUT2D eigenvalue weighted by Crippen LogP contribution is -2.22. The van der Waals surface area contributed by atoms with Crippen molar-refractivity contribution in [1.29, 1.82) is 0 Å². The average Bonchev–Trinajstić information content (AvgIpc) is 2.80. The highest BCUT2D eigenvalue weighted by molar-refractivity contribution is 6.30. The zero-order chi connectivity index (χ0) is 22.0. The van der Waals surface area contributed by atoms with Crippen LogP contribution in [0.25, 0.3) is 22.0 Å². The van der Waals surface area contributed by atoms with Gasteiger partial charge in [-0.1, -0.05) is 35.9 Å². The molecule has 0 unspecified atom stereocenters. The van der Waals surface area contributed by atoms with Crippen molar-refractivity contribution in [3.05, 3.63) is 93.6 Å². The predicted molar refractivity (Wildman–Crippen MR) is 125 cm³/mol. The summed E-state index contributed by atoms with van der Waals surface area (Å²) in [5, 5.41) is 4.12. The second-order valence-electron chi connectivity index (χ2n) is 7.00. The summed E-state index contributed by atoms with van der Waals surface area (Å²) in [5.41, 5.74) is 2.21. The van der Waals surface area contributed by atoms with E-state index in [2.05, 4.69) is 5.32 Å². The van der Waals surface area contributed by atoms with Crippen LogP contribution in [-0.4, -0.2) is 17.6 Å². The molecule has 0 aliphatic carbocycles. The van der Waals surface area contributed by atoms with Crippen molar-refractivity contribution in [3.63, 3.8) is 0 Å². The molecule has 6 heteroatoms. The summed E-state index contributed by atoms with van der Waals surface area (Å²) >= 11 is 5.95. The van der Waals surface area contributed by atoms with E-state index in [1.54, 1.807) is 43.5 Å². The van der Waals surface area contributed by atoms with E-state index in [1.165, 1.54) is 0 Å². The van der Waals surface area contributed by atoms with E-state index in [0.717, 1.165) is 5.52 Å². The third kappa shape index (κ3) is 3.92. The molecule has 0 atom stereocenters. The molecule has 4 rings (SSSR count). The highest BCUT2D eigenvalue weighted by Gasteiger charge is 2.20. The third-order valence-electron chi connectivity index (χ3n) is 5.21. The van der Waals surface area contributed by atoms with Crippen LogP contribution in [0.4, 0.5) is 5.82 Å². The fourth-order valence-electron chi connectivity index (χ4n) is 3.66. The van der Waals surface area contributed by atoms with E-state index in [4.69, 9.17) is 16.3 Å². The molecule has 1 aromatic heterocycles. The number of aromatic nitrogens is 1. The Morgan fingerprint density at radius 2 is 1.68 bits per heavy atom. The zero-order valence-electron chi connectivity index (χ0n) is 17.2. The zero-order valence-corrected chi connectivity index (χ0v) is 17.9. The maximum atomic E-state index is 13.5. The summed E-state index contributed by atoms with van der Waals surface area (Å²) in [6, 6.07) is 21.3. The van der Waals surface area contributed by atoms with Gasteiger partial charge in [-0.2, -0.15) is 0 Å². The molecule has 0 aliphatic rings. The van der Waals surface area contributed by atoms with Crippen LogP contribution in [0.3, 0.4) is 0 Å². The number of ether oxygens (including phenoxy) is 1. The first-order valence-electron chi connectivity index (χ1n) is 9.90. The number of para-hydroxylation sites is 1. The predicted octanol–water partition coefficient (Wildman–Crippen LogP) is 5.60. The topological polar surface area (TPSA) is 60.3 Å². The largest absolute Gasteiger partial charge is 0.497 e. The van der Waals surface area contributed by atoms with Crippen molar-refractivity contribution in [1.82, 2.24) is 4.57 Å². The van der Waals surface area contributed by atoms with Gasteiger partial charge in [-0.25, -0.2) is 0 Å². The second kappa shape index (κ2) is 8.66. The Bertz CT molecular complexity index is 1310. The van der Waals surface area contributed by atoms with Crippen LogP contribution in [0, 0.1) is 0 Å². The number of carbonyl (C=O) groups is 1. The van der Waals surface area contributed by atoms with Crippen LogP contribution in [-0.2, 0) is 6.54 Å². The van der Waals surface area contributed by atoms with Gasteiger partial charge in [0.05, 0.1) is 18.2 Å². The van der Waals surface area contributed by atoms with Crippen molar-refractivity contribution < 1.29 is 9.53 Å². The average molecular weight is 433 g/mol. The number of halogens is 1. The van der Waals surface area contributed by atoms with Crippen LogP contribution in [0.5, 0.6) is 5.75 Å². The van der Waals surface area contributed by atoms with Gasteiger partial charge in [0.1, 0.15) is 11.6 Å². The lowest BCUT2D eigenvalue weighted by molar-refractivity contribution is 0.102. The molecule has 3 aromatic carbocycles. The molecule has 0 fully saturated rings. The van der Waals surface area contributed by atoms with E-state index in [9.17, 15) is 9.59 Å². The fourth-order valence-corrected chi connectivity index (χ4v) is 3.79. The van der Waals surface area contributed by atoms with Crippen molar-refractivity contribution in [2.45, 2.75) is 13.5 Å². The van der Waals surface area contributed by atoms with Gasteiger partial charge in [0, 0.05) is 22.5 Å². The molecule has 1 heterocycles. The lowest BCUT2D eigenvalue weighted by Gasteiger charge is -2.20. The summed E-state index contributed by atoms with van der Waals surface area (Å²) in [4.78, 5) is 26.6. The number of amides is 1. The van der Waals surface area contributed by atoms with Gasteiger partial charge in [0.2, 0.25) is 0 Å². The number of pyridine rings is 1. The van der Waals surface area contributed by atoms with Gasteiger partial charge in [-0.05, 0) is 61.0 Å². The maximum Gasteiger partial charge on any atom is 0.256 e. The maximum absolute atomic E-state index is 13.5. The number of nitrogens with zero attached hydrogens (tertiary/aromatic N) is 1. The fraction of sp³-hybridized carbons (Fsp3) is 0.120. The number of fused-ring (bicyclic) bond motifs is 1. The first-order valence-corrected chi connectivity index (χ1v) is 10.3. The molecule has 0 saturated heterocycles. The Labute approximate surface area is 184 Å². The van der Waals surface area contributed by atoms with Gasteiger partial charge >= 0.3 is 0 Å². The van der Waals surface area contributed by atoms with Crippen LogP contribution < -0.4 is 15.5 Å². The summed E-state index contributed by atoms with van der Waals surface area (Å²) in [6.07, 6.45) is 0. The van der Waals surface area contributed by atoms with Gasteiger partial charge in [0.25, 0.3) is 5.91 Å². The molecule has 0 bridgehead atoms. The minimum absolute atomic E-state index is 0.142. The number of nitrogens with one attached hydrogen (secondary N) is 1. The number of methoxy groups -OCH3 is 1. The van der Waals surface area contributed by atoms with Crippen molar-refractivity contribution in [2.24, 2.45) is 0 Å². The van der Waals surface area contributed by atoms with Crippen LogP contribution in [0.1, 0.15) is 17.3 Å². The van der Waals surface area contributed by atoms with Gasteiger partial charge in [0.15, 0.2) is 5.43 Å². The number of anilines is 1. The van der Waals surface area contributed by atoms with Gasteiger partial charge < -0.3 is 14.6 Å². The molecular weight excluding hydrogens is 412 g/mol. The highest BCUT2D eigenvalue weighted by Crippen LogP contribution is 2.30. The van der Waals surface area contributed by atoms with Crippen molar-refractivity contribution >= 4 is 34.2 Å². The number of aryl methyl sites for hydroxylation is 1. The van der Waals surface area contributed by atoms with Crippen molar-refractivity contribution in [2.75, 3.05) is 12.4 Å². The summed E-state index contributed by atoms with van der Waals surface area (Å²) in [7, 11) is 1.59. The lowest BCUT2D eigenvalue weighted by atomic mass is 10.0. The number of benzene rings is 3. The summed E-state index contributed by atoms with van der Waals surface area (Å²) in [6.45, 7) is 2.55. The van der Waals surface area contributed by atoms with Crippen LogP contribution in [0.15, 0.2) is 77.6 Å². The number of rotatable bonds is 5. The number of hydrogen-bond acceptors (Lipinski definition) is 3. The summed E-state index contributed by atoms with van der Waals surface area (Å²) < 4.78 is 7.20. The molecule has 0 aliphatic heterocycles. The SMILES string of the molecule is CCn1c(NC(=O)c2ccc(Cl)cc2)c(-c2ccc(OC)cc2)c(=O)c2ccccc21. The molecule has 31 heavy (non-hydrogen) atoms. The molecule has 1 amide bonds. The number of hydrogen-bond donors (Lipinski definition) is 1. The summed E-state index contributed by atoms with van der Waals surface area (Å²) in [5.74, 6) is 0.826. The molecule has 0 saturated carbocycles. The Hall–Kier alpha value is -3.57. The van der Waals surface area contributed by atoms with Crippen LogP contribution in [0.2, 0.25) is 5.02 Å². The first-order chi connectivity index (χ1) is 15.0. The van der Waals surface area contributed by atoms with Crippen molar-refractivity contribution in [3.8, 4) is 16.9 Å². The number of carbonyl (C=O) groups excluding carboxylic acids is 1. The minimum atomic E-state index is -0.316. The second-order valence-corrected chi connectivity index (χ2v) is 7.44. The molecule has 156 valence electrons. The third-order valence-corrected chi connectivity index (χ3v) is 5.46. The molecule has 0 spiro atoms. The highest BCUT2D eigenvalue weighted by atomic mass is 35.5. The van der Waals surface area contributed by atoms with E-state index in [0.29, 0.717) is 45.2 Å². The molecule has 1 N–H and O–H groups in total.